The molecule has 134 valence electrons. The Kier molecular flexibility index (Phi) is 5.99. The van der Waals surface area contributed by atoms with Crippen LogP contribution in [0.25, 0.3) is 6.08 Å². The maximum Gasteiger partial charge on any atom is 0.246 e. The Hall–Kier alpha value is -1.56. The fourth-order valence-corrected chi connectivity index (χ4v) is 3.10. The lowest BCUT2D eigenvalue weighted by Gasteiger charge is -2.33. The molecule has 1 saturated carbocycles. The van der Waals surface area contributed by atoms with Gasteiger partial charge in [-0.15, -0.1) is 0 Å². The number of nitrogens with zero attached hydrogens (tertiary/aromatic N) is 2. The van der Waals surface area contributed by atoms with Crippen LogP contribution in [0.2, 0.25) is 10.0 Å². The van der Waals surface area contributed by atoms with E-state index in [9.17, 15) is 9.59 Å². The van der Waals surface area contributed by atoms with Gasteiger partial charge >= 0.3 is 0 Å². The van der Waals surface area contributed by atoms with Gasteiger partial charge < -0.3 is 10.2 Å². The predicted octanol–water partition coefficient (Wildman–Crippen LogP) is 2.43. The van der Waals surface area contributed by atoms with Crippen molar-refractivity contribution in [2.45, 2.75) is 18.9 Å². The van der Waals surface area contributed by atoms with E-state index in [1.807, 2.05) is 0 Å². The first kappa shape index (κ1) is 18.2. The summed E-state index contributed by atoms with van der Waals surface area (Å²) in [5, 5.41) is 4.12. The van der Waals surface area contributed by atoms with Crippen LogP contribution in [0, 0.1) is 0 Å². The molecule has 1 heterocycles. The molecule has 1 aromatic rings. The summed E-state index contributed by atoms with van der Waals surface area (Å²) in [7, 11) is 0. The van der Waals surface area contributed by atoms with Crippen molar-refractivity contribution in [3.05, 3.63) is 39.9 Å². The van der Waals surface area contributed by atoms with Crippen LogP contribution in [0.4, 0.5) is 0 Å². The number of benzene rings is 1. The van der Waals surface area contributed by atoms with Gasteiger partial charge in [0, 0.05) is 48.3 Å². The van der Waals surface area contributed by atoms with Crippen LogP contribution in [0.1, 0.15) is 18.4 Å². The lowest BCUT2D eigenvalue weighted by Crippen LogP contribution is -2.51. The molecular weight excluding hydrogens is 361 g/mol. The molecule has 0 atom stereocenters. The first-order valence-electron chi connectivity index (χ1n) is 8.45. The quantitative estimate of drug-likeness (QED) is 0.796. The van der Waals surface area contributed by atoms with Crippen molar-refractivity contribution in [1.29, 1.82) is 0 Å². The highest BCUT2D eigenvalue weighted by atomic mass is 35.5. The first-order valence-corrected chi connectivity index (χ1v) is 9.20. The van der Waals surface area contributed by atoms with E-state index < -0.39 is 0 Å². The van der Waals surface area contributed by atoms with E-state index in [0.29, 0.717) is 48.8 Å². The van der Waals surface area contributed by atoms with Gasteiger partial charge in [-0.2, -0.15) is 0 Å². The van der Waals surface area contributed by atoms with Gasteiger partial charge in [0.15, 0.2) is 0 Å². The molecule has 0 bridgehead atoms. The molecule has 2 fully saturated rings. The van der Waals surface area contributed by atoms with E-state index in [2.05, 4.69) is 10.2 Å². The van der Waals surface area contributed by atoms with Crippen molar-refractivity contribution in [3.8, 4) is 0 Å². The molecule has 5 nitrogen and oxygen atoms in total. The Balaban J connectivity index is 1.47. The molecule has 2 aliphatic rings. The summed E-state index contributed by atoms with van der Waals surface area (Å²) in [4.78, 5) is 28.0. The number of hydrogen-bond donors (Lipinski definition) is 1. The van der Waals surface area contributed by atoms with Crippen LogP contribution in [0.5, 0.6) is 0 Å². The zero-order valence-corrected chi connectivity index (χ0v) is 15.4. The van der Waals surface area contributed by atoms with Crippen molar-refractivity contribution in [2.24, 2.45) is 0 Å². The highest BCUT2D eigenvalue weighted by Gasteiger charge is 2.25. The summed E-state index contributed by atoms with van der Waals surface area (Å²) >= 11 is 12.0. The molecule has 0 radical (unpaired) electrons. The Labute approximate surface area is 157 Å². The fourth-order valence-electron chi connectivity index (χ4n) is 2.74. The predicted molar refractivity (Wildman–Crippen MR) is 99.7 cm³/mol. The summed E-state index contributed by atoms with van der Waals surface area (Å²) < 4.78 is 0. The Morgan fingerprint density at radius 1 is 1.16 bits per heavy atom. The average Bonchev–Trinajstić information content (AvgIpc) is 3.40. The second-order valence-electron chi connectivity index (χ2n) is 6.44. The second-order valence-corrected chi connectivity index (χ2v) is 7.29. The fraction of sp³-hybridized carbons (Fsp3) is 0.444. The number of hydrogen-bond acceptors (Lipinski definition) is 3. The summed E-state index contributed by atoms with van der Waals surface area (Å²) in [6.07, 6.45) is 5.40. The van der Waals surface area contributed by atoms with Gasteiger partial charge in [0.05, 0.1) is 6.54 Å². The highest BCUT2D eigenvalue weighted by molar-refractivity contribution is 6.34. The number of carbonyl (C=O) groups excluding carboxylic acids is 2. The largest absolute Gasteiger partial charge is 0.352 e. The minimum absolute atomic E-state index is 0.0573. The Morgan fingerprint density at radius 3 is 2.56 bits per heavy atom. The third-order valence-corrected chi connectivity index (χ3v) is 4.94. The number of halogens is 2. The molecule has 7 heteroatoms. The van der Waals surface area contributed by atoms with Gasteiger partial charge in [-0.05, 0) is 42.7 Å². The SMILES string of the molecule is O=C(CN1CCN(C(=O)/C=C/c2cc(Cl)ccc2Cl)CC1)NC1CC1. The average molecular weight is 382 g/mol. The third-order valence-electron chi connectivity index (χ3n) is 4.36. The molecule has 1 aliphatic carbocycles. The Bertz CT molecular complexity index is 681. The molecule has 0 unspecified atom stereocenters. The molecule has 25 heavy (non-hydrogen) atoms. The van der Waals surface area contributed by atoms with E-state index in [1.165, 1.54) is 6.08 Å². The third kappa shape index (κ3) is 5.46. The Morgan fingerprint density at radius 2 is 1.88 bits per heavy atom. The zero-order chi connectivity index (χ0) is 17.8. The minimum atomic E-state index is -0.0573. The molecule has 0 aromatic heterocycles. The van der Waals surface area contributed by atoms with Crippen LogP contribution in [-0.2, 0) is 9.59 Å². The molecule has 1 aromatic carbocycles. The molecule has 1 saturated heterocycles. The van der Waals surface area contributed by atoms with E-state index in [4.69, 9.17) is 23.2 Å². The van der Waals surface area contributed by atoms with E-state index in [0.717, 1.165) is 18.4 Å². The molecule has 1 N–H and O–H groups in total. The lowest BCUT2D eigenvalue weighted by molar-refractivity contribution is -0.128. The lowest BCUT2D eigenvalue weighted by atomic mass is 10.2. The second kappa shape index (κ2) is 8.21. The van der Waals surface area contributed by atoms with Crippen LogP contribution in [-0.4, -0.2) is 60.4 Å². The van der Waals surface area contributed by atoms with Gasteiger partial charge in [-0.3, -0.25) is 14.5 Å². The number of nitrogens with one attached hydrogen (secondary N) is 1. The van der Waals surface area contributed by atoms with Gasteiger partial charge in [0.1, 0.15) is 0 Å². The van der Waals surface area contributed by atoms with Crippen LogP contribution >= 0.6 is 23.2 Å². The van der Waals surface area contributed by atoms with Gasteiger partial charge in [-0.25, -0.2) is 0 Å². The molecule has 0 spiro atoms. The normalized spacial score (nSPS) is 18.6. The number of amides is 2. The van der Waals surface area contributed by atoms with E-state index in [1.54, 1.807) is 29.2 Å². The van der Waals surface area contributed by atoms with E-state index >= 15 is 0 Å². The molecule has 1 aliphatic heterocycles. The summed E-state index contributed by atoms with van der Waals surface area (Å²) in [5.41, 5.74) is 0.720. The van der Waals surface area contributed by atoms with Crippen molar-refractivity contribution < 1.29 is 9.59 Å². The maximum absolute atomic E-state index is 12.3. The topological polar surface area (TPSA) is 52.7 Å². The van der Waals surface area contributed by atoms with Crippen molar-refractivity contribution >= 4 is 41.1 Å². The van der Waals surface area contributed by atoms with Crippen molar-refractivity contribution in [1.82, 2.24) is 15.1 Å². The van der Waals surface area contributed by atoms with Gasteiger partial charge in [0.25, 0.3) is 0 Å². The smallest absolute Gasteiger partial charge is 0.246 e. The first-order chi connectivity index (χ1) is 12.0. The number of piperazine rings is 1. The molecule has 3 rings (SSSR count). The standard InChI is InChI=1S/C18H21Cl2N3O2/c19-14-2-5-16(20)13(11-14)1-6-18(25)23-9-7-22(8-10-23)12-17(24)21-15-3-4-15/h1-2,5-6,11,15H,3-4,7-10,12H2,(H,21,24)/b6-1+. The van der Waals surface area contributed by atoms with Crippen LogP contribution in [0.15, 0.2) is 24.3 Å². The van der Waals surface area contributed by atoms with Crippen LogP contribution in [0.3, 0.4) is 0 Å². The molecule has 2 amide bonds. The van der Waals surface area contributed by atoms with Gasteiger partial charge in [-0.1, -0.05) is 23.2 Å². The van der Waals surface area contributed by atoms with Crippen molar-refractivity contribution in [2.75, 3.05) is 32.7 Å². The minimum Gasteiger partial charge on any atom is -0.352 e. The maximum atomic E-state index is 12.3. The summed E-state index contributed by atoms with van der Waals surface area (Å²) in [6.45, 7) is 3.05. The van der Waals surface area contributed by atoms with Gasteiger partial charge in [0.2, 0.25) is 11.8 Å². The molecular formula is C18H21Cl2N3O2. The number of rotatable bonds is 5. The number of carbonyl (C=O) groups is 2. The summed E-state index contributed by atoms with van der Waals surface area (Å²) in [6, 6.07) is 5.53. The summed E-state index contributed by atoms with van der Waals surface area (Å²) in [5.74, 6) is 0.0240. The highest BCUT2D eigenvalue weighted by Crippen LogP contribution is 2.22. The van der Waals surface area contributed by atoms with Crippen molar-refractivity contribution in [3.63, 3.8) is 0 Å². The monoisotopic (exact) mass is 381 g/mol. The van der Waals surface area contributed by atoms with Crippen LogP contribution < -0.4 is 5.32 Å². The van der Waals surface area contributed by atoms with E-state index in [-0.39, 0.29) is 11.8 Å². The zero-order valence-electron chi connectivity index (χ0n) is 13.9.